The summed E-state index contributed by atoms with van der Waals surface area (Å²) < 4.78 is 38.9. The molecule has 0 saturated heterocycles. The van der Waals surface area contributed by atoms with Crippen LogP contribution in [0.1, 0.15) is 71.9 Å². The SMILES string of the molecule is CC1(C)C2CC[C@]1(CS(=O)(=O)NCCc1c(CCOc3ccc(C(=O)O)cc3)c3cc(Cl)ccc3n1C(c1ccccc1)c1ccccc1)C(=O)C2. The van der Waals surface area contributed by atoms with Gasteiger partial charge in [-0.25, -0.2) is 17.9 Å². The fourth-order valence-electron chi connectivity index (χ4n) is 8.79. The first-order valence-corrected chi connectivity index (χ1v) is 19.8. The molecule has 2 atom stereocenters. The van der Waals surface area contributed by atoms with Gasteiger partial charge in [0.15, 0.2) is 0 Å². The molecule has 0 spiro atoms. The topological polar surface area (TPSA) is 115 Å². The Balaban J connectivity index is 1.26. The van der Waals surface area contributed by atoms with Crippen molar-refractivity contribution < 1.29 is 27.9 Å². The Morgan fingerprint density at radius 2 is 1.62 bits per heavy atom. The third-order valence-electron chi connectivity index (χ3n) is 11.7. The molecule has 0 amide bonds. The molecule has 0 aliphatic heterocycles. The predicted octanol–water partition coefficient (Wildman–Crippen LogP) is 8.11. The zero-order chi connectivity index (χ0) is 36.7. The zero-order valence-electron chi connectivity index (χ0n) is 29.3. The van der Waals surface area contributed by atoms with Crippen molar-refractivity contribution in [3.05, 3.63) is 136 Å². The van der Waals surface area contributed by atoms with Gasteiger partial charge in [0, 0.05) is 52.8 Å². The van der Waals surface area contributed by atoms with Crippen molar-refractivity contribution in [1.82, 2.24) is 9.29 Å². The number of aromatic nitrogens is 1. The van der Waals surface area contributed by atoms with Crippen LogP contribution in [0, 0.1) is 16.7 Å². The lowest BCUT2D eigenvalue weighted by atomic mass is 9.70. The van der Waals surface area contributed by atoms with Gasteiger partial charge in [0.25, 0.3) is 0 Å². The van der Waals surface area contributed by atoms with E-state index in [4.69, 9.17) is 16.3 Å². The molecule has 52 heavy (non-hydrogen) atoms. The van der Waals surface area contributed by atoms with Crippen molar-refractivity contribution >= 4 is 44.3 Å². The molecule has 4 aromatic carbocycles. The first-order valence-electron chi connectivity index (χ1n) is 17.8. The van der Waals surface area contributed by atoms with E-state index in [0.717, 1.165) is 39.7 Å². The summed E-state index contributed by atoms with van der Waals surface area (Å²) in [6, 6.07) is 32.4. The van der Waals surface area contributed by atoms with E-state index in [1.807, 2.05) is 54.6 Å². The van der Waals surface area contributed by atoms with Crippen molar-refractivity contribution in [3.8, 4) is 5.75 Å². The summed E-state index contributed by atoms with van der Waals surface area (Å²) in [7, 11) is -3.80. The van der Waals surface area contributed by atoms with Gasteiger partial charge in [-0.05, 0) is 83.3 Å². The van der Waals surface area contributed by atoms with E-state index >= 15 is 0 Å². The van der Waals surface area contributed by atoms with E-state index < -0.39 is 21.4 Å². The number of halogens is 1. The van der Waals surface area contributed by atoms with Gasteiger partial charge in [-0.2, -0.15) is 0 Å². The van der Waals surface area contributed by atoms with Crippen LogP contribution in [0.5, 0.6) is 5.75 Å². The number of Topliss-reactive ketones (excluding diaryl/α,β-unsaturated/α-hetero) is 1. The van der Waals surface area contributed by atoms with Crippen molar-refractivity contribution in [3.63, 3.8) is 0 Å². The maximum atomic E-state index is 13.8. The minimum absolute atomic E-state index is 0.0737. The molecule has 2 saturated carbocycles. The molecule has 1 aromatic heterocycles. The lowest BCUT2D eigenvalue weighted by Crippen LogP contribution is -2.45. The Hall–Kier alpha value is -4.44. The predicted molar refractivity (Wildman–Crippen MR) is 204 cm³/mol. The summed E-state index contributed by atoms with van der Waals surface area (Å²) in [5.41, 5.74) is 3.99. The van der Waals surface area contributed by atoms with Crippen LogP contribution in [0.3, 0.4) is 0 Å². The van der Waals surface area contributed by atoms with Gasteiger partial charge in [-0.15, -0.1) is 0 Å². The first-order chi connectivity index (χ1) is 24.9. The number of hydrogen-bond acceptors (Lipinski definition) is 5. The number of fused-ring (bicyclic) bond motifs is 3. The number of carboxylic acids is 1. The van der Waals surface area contributed by atoms with Crippen LogP contribution in [0.25, 0.3) is 10.9 Å². The number of hydrogen-bond donors (Lipinski definition) is 2. The number of ketones is 1. The summed E-state index contributed by atoms with van der Waals surface area (Å²) in [4.78, 5) is 24.6. The quantitative estimate of drug-likeness (QED) is 0.119. The normalized spacial score (nSPS) is 19.5. The monoisotopic (exact) mass is 738 g/mol. The fraction of sp³-hybridized carbons (Fsp3) is 0.333. The van der Waals surface area contributed by atoms with Gasteiger partial charge in [-0.1, -0.05) is 86.1 Å². The highest BCUT2D eigenvalue weighted by molar-refractivity contribution is 7.89. The molecule has 10 heteroatoms. The van der Waals surface area contributed by atoms with Crippen LogP contribution in [-0.4, -0.2) is 48.7 Å². The number of aromatic carboxylic acids is 1. The maximum Gasteiger partial charge on any atom is 0.335 e. The fourth-order valence-corrected chi connectivity index (χ4v) is 10.8. The molecule has 2 fully saturated rings. The minimum Gasteiger partial charge on any atom is -0.493 e. The highest BCUT2D eigenvalue weighted by Gasteiger charge is 2.65. The summed E-state index contributed by atoms with van der Waals surface area (Å²) in [6.07, 6.45) is 2.80. The van der Waals surface area contributed by atoms with Crippen LogP contribution in [-0.2, 0) is 27.7 Å². The number of nitrogens with zero attached hydrogens (tertiary/aromatic N) is 1. The van der Waals surface area contributed by atoms with Crippen molar-refractivity contribution in [2.45, 2.75) is 52.0 Å². The number of carboxylic acid groups (broad SMARTS) is 1. The molecule has 2 aliphatic carbocycles. The van der Waals surface area contributed by atoms with E-state index in [9.17, 15) is 23.1 Å². The number of nitrogens with one attached hydrogen (secondary N) is 1. The molecule has 8 nitrogen and oxygen atoms in total. The summed E-state index contributed by atoms with van der Waals surface area (Å²) >= 11 is 6.64. The maximum absolute atomic E-state index is 13.8. The van der Waals surface area contributed by atoms with Crippen LogP contribution in [0.15, 0.2) is 103 Å². The van der Waals surface area contributed by atoms with Gasteiger partial charge in [0.2, 0.25) is 10.0 Å². The molecular weight excluding hydrogens is 696 g/mol. The van der Waals surface area contributed by atoms with Crippen molar-refractivity contribution in [2.24, 2.45) is 16.7 Å². The Labute approximate surface area is 309 Å². The standard InChI is InChI=1S/C42H43ClN2O6S/c1-41(2)31-19-22-42(41,38(46)25-31)27-52(49,50)44-23-20-37-34(21-24-51-33-16-13-30(14-17-33)40(47)48)35-26-32(43)15-18-36(35)45(37)39(28-9-5-3-6-10-28)29-11-7-4-8-12-29/h3-18,26,31,39,44H,19-25,27H2,1-2H3,(H,47,48)/t31?,42-/m0/s1. The average Bonchev–Trinajstić information content (AvgIpc) is 3.61. The van der Waals surface area contributed by atoms with E-state index in [1.54, 1.807) is 12.1 Å². The average molecular weight is 739 g/mol. The largest absolute Gasteiger partial charge is 0.493 e. The number of ether oxygens (including phenoxy) is 1. The molecule has 270 valence electrons. The number of rotatable bonds is 14. The van der Waals surface area contributed by atoms with E-state index in [1.165, 1.54) is 12.1 Å². The Kier molecular flexibility index (Phi) is 9.80. The number of carbonyl (C=O) groups is 2. The van der Waals surface area contributed by atoms with Crippen LogP contribution < -0.4 is 9.46 Å². The van der Waals surface area contributed by atoms with Crippen LogP contribution >= 0.6 is 11.6 Å². The summed E-state index contributed by atoms with van der Waals surface area (Å²) in [5, 5.41) is 10.8. The Bertz CT molecular complexity index is 2180. The second-order valence-electron chi connectivity index (χ2n) is 14.7. The van der Waals surface area contributed by atoms with Crippen LogP contribution in [0.2, 0.25) is 5.02 Å². The summed E-state index contributed by atoms with van der Waals surface area (Å²) in [5.74, 6) is -0.354. The molecule has 2 bridgehead atoms. The third kappa shape index (κ3) is 6.66. The highest BCUT2D eigenvalue weighted by Crippen LogP contribution is 2.64. The number of benzene rings is 4. The minimum atomic E-state index is -3.80. The lowest BCUT2D eigenvalue weighted by molar-refractivity contribution is -0.128. The molecule has 7 rings (SSSR count). The lowest BCUT2D eigenvalue weighted by Gasteiger charge is -2.36. The smallest absolute Gasteiger partial charge is 0.335 e. The highest BCUT2D eigenvalue weighted by atomic mass is 35.5. The number of sulfonamides is 1. The zero-order valence-corrected chi connectivity index (χ0v) is 30.9. The summed E-state index contributed by atoms with van der Waals surface area (Å²) in [6.45, 7) is 4.54. The van der Waals surface area contributed by atoms with Gasteiger partial charge >= 0.3 is 5.97 Å². The Morgan fingerprint density at radius 3 is 2.19 bits per heavy atom. The second kappa shape index (κ2) is 14.2. The van der Waals surface area contributed by atoms with E-state index in [-0.39, 0.29) is 41.0 Å². The molecule has 0 radical (unpaired) electrons. The molecule has 2 aliphatic rings. The van der Waals surface area contributed by atoms with Crippen molar-refractivity contribution in [2.75, 3.05) is 18.9 Å². The number of carbonyl (C=O) groups excluding carboxylic acids is 1. The molecule has 1 heterocycles. The second-order valence-corrected chi connectivity index (χ2v) is 16.9. The third-order valence-corrected chi connectivity index (χ3v) is 13.4. The molecular formula is C42H43ClN2O6S. The Morgan fingerprint density at radius 1 is 0.962 bits per heavy atom. The van der Waals surface area contributed by atoms with E-state index in [0.29, 0.717) is 43.1 Å². The van der Waals surface area contributed by atoms with Gasteiger partial charge in [0.1, 0.15) is 11.5 Å². The van der Waals surface area contributed by atoms with Crippen LogP contribution in [0.4, 0.5) is 0 Å². The molecule has 5 aromatic rings. The van der Waals surface area contributed by atoms with Crippen molar-refractivity contribution in [1.29, 1.82) is 0 Å². The van der Waals surface area contributed by atoms with Gasteiger partial charge in [0.05, 0.1) is 24.0 Å². The first kappa shape index (κ1) is 35.9. The van der Waals surface area contributed by atoms with E-state index in [2.05, 4.69) is 47.4 Å². The molecule has 1 unspecified atom stereocenters. The van der Waals surface area contributed by atoms with Gasteiger partial charge in [-0.3, -0.25) is 4.79 Å². The molecule has 2 N–H and O–H groups in total. The van der Waals surface area contributed by atoms with Gasteiger partial charge < -0.3 is 14.4 Å².